The van der Waals surface area contributed by atoms with Crippen molar-refractivity contribution in [2.24, 2.45) is 9.98 Å². The van der Waals surface area contributed by atoms with Gasteiger partial charge in [-0.05, 0) is 84.2 Å². The van der Waals surface area contributed by atoms with Crippen LogP contribution in [0.4, 0.5) is 0 Å². The van der Waals surface area contributed by atoms with Gasteiger partial charge in [0.2, 0.25) is 16.6 Å². The molecule has 283 valence electrons. The van der Waals surface area contributed by atoms with E-state index in [4.69, 9.17) is 18.8 Å². The summed E-state index contributed by atoms with van der Waals surface area (Å²) in [5, 5.41) is 22.9. The third kappa shape index (κ3) is 11.4. The van der Waals surface area contributed by atoms with Crippen molar-refractivity contribution in [1.82, 2.24) is 0 Å². The summed E-state index contributed by atoms with van der Waals surface area (Å²) < 4.78 is 13.6. The molecule has 0 bridgehead atoms. The van der Waals surface area contributed by atoms with Crippen LogP contribution >= 0.6 is 0 Å². The summed E-state index contributed by atoms with van der Waals surface area (Å²) in [7, 11) is -3.81. The van der Waals surface area contributed by atoms with Gasteiger partial charge in [-0.2, -0.15) is 0 Å². The number of nitrogens with zero attached hydrogens (tertiary/aromatic N) is 2. The Morgan fingerprint density at radius 3 is 1.18 bits per heavy atom. The molecule has 0 aromatic heterocycles. The molecule has 2 unspecified atom stereocenters. The Bertz CT molecular complexity index is 1310. The molecule has 0 heterocycles. The van der Waals surface area contributed by atoms with Crippen molar-refractivity contribution in [2.75, 3.05) is 0 Å². The van der Waals surface area contributed by atoms with E-state index < -0.39 is 16.6 Å². The molecule has 1 saturated carbocycles. The van der Waals surface area contributed by atoms with Gasteiger partial charge in [0.1, 0.15) is 23.0 Å². The molecule has 0 spiro atoms. The first-order valence-corrected chi connectivity index (χ1v) is 23.8. The summed E-state index contributed by atoms with van der Waals surface area (Å²) in [6.45, 7) is 26.2. The minimum atomic E-state index is -1.91. The smallest absolute Gasteiger partial charge is 0.250 e. The van der Waals surface area contributed by atoms with Crippen LogP contribution in [0.5, 0.6) is 23.0 Å². The molecule has 50 heavy (non-hydrogen) atoms. The summed E-state index contributed by atoms with van der Waals surface area (Å²) in [6.07, 6.45) is 7.73. The van der Waals surface area contributed by atoms with Crippen molar-refractivity contribution in [3.63, 3.8) is 0 Å². The summed E-state index contributed by atoms with van der Waals surface area (Å²) in [6, 6.07) is 14.3. The quantitative estimate of drug-likeness (QED) is 0.149. The van der Waals surface area contributed by atoms with E-state index in [0.29, 0.717) is 11.1 Å². The first-order chi connectivity index (χ1) is 22.5. The molecule has 3 rings (SSSR count). The number of phenolic OH excluding ortho intramolecular Hbond substituents is 2. The summed E-state index contributed by atoms with van der Waals surface area (Å²) in [4.78, 5) is 10.2. The van der Waals surface area contributed by atoms with Crippen molar-refractivity contribution in [3.05, 3.63) is 46.5 Å². The maximum atomic E-state index is 11.4. The van der Waals surface area contributed by atoms with E-state index >= 15 is 0 Å². The van der Waals surface area contributed by atoms with E-state index in [9.17, 15) is 10.2 Å². The Morgan fingerprint density at radius 1 is 0.620 bits per heavy atom. The fourth-order valence-corrected chi connectivity index (χ4v) is 12.0. The largest absolute Gasteiger partial charge is 1.00 e. The van der Waals surface area contributed by atoms with Gasteiger partial charge >= 0.3 is 0 Å². The topological polar surface area (TPSA) is 83.6 Å². The van der Waals surface area contributed by atoms with E-state index in [1.54, 1.807) is 0 Å². The Hall–Kier alpha value is -1.78. The molecule has 10 heteroatoms. The zero-order valence-corrected chi connectivity index (χ0v) is 37.0. The Balaban J connectivity index is 0.00000625. The van der Waals surface area contributed by atoms with Gasteiger partial charge < -0.3 is 31.5 Å². The van der Waals surface area contributed by atoms with E-state index in [2.05, 4.69) is 83.1 Å². The number of aliphatic imine (C=N–C) groups is 2. The van der Waals surface area contributed by atoms with E-state index in [0.717, 1.165) is 84.6 Å². The number of phenols is 2. The van der Waals surface area contributed by atoms with Gasteiger partial charge in [0.25, 0.3) is 0 Å². The molecular weight excluding hydrogens is 719 g/mol. The summed E-state index contributed by atoms with van der Waals surface area (Å²) in [5.74, 6) is 2.22. The molecule has 2 aromatic carbocycles. The van der Waals surface area contributed by atoms with Crippen molar-refractivity contribution in [1.29, 1.82) is 0 Å². The van der Waals surface area contributed by atoms with E-state index in [1.165, 1.54) is 0 Å². The summed E-state index contributed by atoms with van der Waals surface area (Å²) in [5.41, 5.74) is 2.64. The van der Waals surface area contributed by atoms with Gasteiger partial charge in [-0.25, -0.2) is 0 Å². The second-order valence-corrected chi connectivity index (χ2v) is 25.4. The van der Waals surface area contributed by atoms with Gasteiger partial charge in [0.05, 0.1) is 12.1 Å². The van der Waals surface area contributed by atoms with Crippen molar-refractivity contribution in [3.8, 4) is 23.0 Å². The molecule has 2 atom stereocenters. The zero-order chi connectivity index (χ0) is 35.9. The number of rotatable bonds is 14. The number of halogens is 1. The molecule has 6 nitrogen and oxygen atoms in total. The van der Waals surface area contributed by atoms with Crippen LogP contribution in [0.2, 0.25) is 36.3 Å². The third-order valence-electron chi connectivity index (χ3n) is 10.9. The zero-order valence-electron chi connectivity index (χ0n) is 33.1. The van der Waals surface area contributed by atoms with Gasteiger partial charge in [-0.3, -0.25) is 9.98 Å². The van der Waals surface area contributed by atoms with Gasteiger partial charge in [0, 0.05) is 51.8 Å². The fourth-order valence-electron chi connectivity index (χ4n) is 6.94. The average molecular weight is 786 g/mol. The van der Waals surface area contributed by atoms with Gasteiger partial charge in [-0.1, -0.05) is 95.9 Å². The first-order valence-electron chi connectivity index (χ1n) is 18.7. The molecule has 1 aliphatic rings. The van der Waals surface area contributed by atoms with Crippen LogP contribution < -0.4 is 21.3 Å². The molecule has 1 aliphatic carbocycles. The summed E-state index contributed by atoms with van der Waals surface area (Å²) >= 11 is 0. The van der Waals surface area contributed by atoms with Crippen molar-refractivity contribution < 1.29 is 48.5 Å². The maximum Gasteiger partial charge on any atom is 0.250 e. The van der Waals surface area contributed by atoms with Crippen LogP contribution in [-0.2, 0) is 27.9 Å². The van der Waals surface area contributed by atoms with E-state index in [1.807, 2.05) is 36.7 Å². The number of aromatic hydroxyl groups is 2. The SMILES string of the molecule is CC[Si](CC)(CC)Oc1cc(C=NC2CCCCC2N=Cc2cc(O[Si](CC)(CC)CC)cc(C(C)(C)C)c2O)c(O)c(C(C)(C)C)c1.[Cl-].[Mn]. The molecular formula is C40H66ClMnN2O4Si2-. The molecule has 2 aromatic rings. The van der Waals surface area contributed by atoms with Crippen LogP contribution in [0.1, 0.15) is 131 Å². The normalized spacial score (nSPS) is 17.4. The molecule has 1 fully saturated rings. The van der Waals surface area contributed by atoms with Gasteiger partial charge in [-0.15, -0.1) is 0 Å². The van der Waals surface area contributed by atoms with Crippen molar-refractivity contribution >= 4 is 29.1 Å². The predicted molar refractivity (Wildman–Crippen MR) is 210 cm³/mol. The average Bonchev–Trinajstić information content (AvgIpc) is 3.05. The minimum Gasteiger partial charge on any atom is -1.00 e. The van der Waals surface area contributed by atoms with Crippen LogP contribution in [-0.4, -0.2) is 51.4 Å². The number of hydrogen-bond acceptors (Lipinski definition) is 6. The van der Waals surface area contributed by atoms with Crippen LogP contribution in [0.25, 0.3) is 0 Å². The second-order valence-electron chi connectivity index (χ2n) is 16.0. The third-order valence-corrected chi connectivity index (χ3v) is 20.0. The molecule has 0 aliphatic heterocycles. The second kappa shape index (κ2) is 19.3. The first kappa shape index (κ1) is 46.2. The van der Waals surface area contributed by atoms with Crippen LogP contribution in [0.15, 0.2) is 34.3 Å². The number of hydrogen-bond donors (Lipinski definition) is 2. The number of benzene rings is 2. The Kier molecular flexibility index (Phi) is 17.9. The Labute approximate surface area is 323 Å². The predicted octanol–water partition coefficient (Wildman–Crippen LogP) is 8.31. The fraction of sp³-hybridized carbons (Fsp3) is 0.650. The standard InChI is InChI=1S/C40H66N2O4Si2.ClH.Mn/c1-13-47(14-2,15-3)45-31-23-29(37(43)33(25-31)39(7,8)9)27-41-35-21-19-20-22-36(35)42-28-30-24-32(46-48(16-4,17-5)18-6)26-34(38(30)44)40(10,11)12;;/h23-28,35-36,43-44H,13-22H2,1-12H3;1H;/p-1. The molecule has 2 N–H and O–H groups in total. The van der Waals surface area contributed by atoms with E-state index in [-0.39, 0.29) is 63.9 Å². The monoisotopic (exact) mass is 784 g/mol. The molecule has 0 saturated heterocycles. The minimum absolute atomic E-state index is 0. The molecule has 1 radical (unpaired) electrons. The molecule has 0 amide bonds. The van der Waals surface area contributed by atoms with Crippen LogP contribution in [0.3, 0.4) is 0 Å². The van der Waals surface area contributed by atoms with Gasteiger partial charge in [0.15, 0.2) is 0 Å². The maximum absolute atomic E-state index is 11.4. The van der Waals surface area contributed by atoms with Crippen LogP contribution in [0, 0.1) is 0 Å². The van der Waals surface area contributed by atoms with Crippen molar-refractivity contribution in [2.45, 2.75) is 168 Å². The Morgan fingerprint density at radius 2 is 0.920 bits per heavy atom.